The molecule has 5 aliphatic carbocycles. The Morgan fingerprint density at radius 3 is 1.62 bits per heavy atom. The lowest BCUT2D eigenvalue weighted by Gasteiger charge is -2.53. The highest BCUT2D eigenvalue weighted by Crippen LogP contribution is 2.70. The minimum absolute atomic E-state index is 0.00583. The van der Waals surface area contributed by atoms with Gasteiger partial charge in [0.2, 0.25) is 0 Å². The molecule has 0 radical (unpaired) electrons. The van der Waals surface area contributed by atoms with Gasteiger partial charge in [-0.25, -0.2) is 0 Å². The second-order valence-corrected chi connectivity index (χ2v) is 16.6. The Labute approximate surface area is 267 Å². The van der Waals surface area contributed by atoms with Crippen molar-refractivity contribution in [1.29, 1.82) is 0 Å². The molecule has 6 nitrogen and oxygen atoms in total. The van der Waals surface area contributed by atoms with Crippen LogP contribution in [0.3, 0.4) is 0 Å². The van der Waals surface area contributed by atoms with Gasteiger partial charge in [-0.1, -0.05) is 27.7 Å². The number of Topliss-reactive ketones (excluding diaryl/α,β-unsaturated/α-hetero) is 2. The number of ether oxygens (including phenoxy) is 4. The number of methoxy groups -OCH3 is 2. The first-order chi connectivity index (χ1) is 21.3. The van der Waals surface area contributed by atoms with Crippen LogP contribution in [0, 0.1) is 42.9 Å². The smallest absolute Gasteiger partial charge is 0.167 e. The lowest BCUT2D eigenvalue weighted by Crippen LogP contribution is -2.59. The summed E-state index contributed by atoms with van der Waals surface area (Å²) in [6.45, 7) is 13.7. The molecule has 2 aromatic rings. The van der Waals surface area contributed by atoms with Gasteiger partial charge < -0.3 is 18.9 Å². The highest BCUT2D eigenvalue weighted by molar-refractivity contribution is 6.16. The zero-order chi connectivity index (χ0) is 31.8. The molecule has 1 aliphatic heterocycles. The average molecular weight is 613 g/mol. The standard InChI is InChI=1S/C39H48O6/c1-19-9-21-22(10-20(19)2)36(41)24-12-32-31(11-23(24)35(21)40)44-33-14-26-28(16-34(33)45-32)39(18-38(26,5)6)17-37(3,4)25-13-29(42-7)30(43-8)15-27(25)39/h9-10,13,15,23-24,26,28,31-34H,11-12,14,16-18H2,1-8H3. The largest absolute Gasteiger partial charge is 0.493 e. The zero-order valence-electron chi connectivity index (χ0n) is 28.1. The van der Waals surface area contributed by atoms with E-state index in [2.05, 4.69) is 39.8 Å². The maximum atomic E-state index is 13.8. The van der Waals surface area contributed by atoms with E-state index in [9.17, 15) is 9.59 Å². The number of rotatable bonds is 2. The average Bonchev–Trinajstić information content (AvgIpc) is 3.35. The van der Waals surface area contributed by atoms with Gasteiger partial charge in [0.15, 0.2) is 23.1 Å². The molecule has 1 heterocycles. The van der Waals surface area contributed by atoms with E-state index in [0.717, 1.165) is 48.3 Å². The van der Waals surface area contributed by atoms with E-state index < -0.39 is 0 Å². The van der Waals surface area contributed by atoms with Crippen molar-refractivity contribution in [3.05, 3.63) is 57.6 Å². The molecule has 3 saturated carbocycles. The number of aryl methyl sites for hydroxylation is 2. The maximum absolute atomic E-state index is 13.8. The molecule has 1 spiro atoms. The van der Waals surface area contributed by atoms with Gasteiger partial charge in [-0.15, -0.1) is 0 Å². The third-order valence-electron chi connectivity index (χ3n) is 13.3. The number of carbonyl (C=O) groups is 2. The number of hydrogen-bond acceptors (Lipinski definition) is 6. The van der Waals surface area contributed by atoms with Crippen molar-refractivity contribution in [3.63, 3.8) is 0 Å². The predicted molar refractivity (Wildman–Crippen MR) is 172 cm³/mol. The Balaban J connectivity index is 1.11. The predicted octanol–water partition coefficient (Wildman–Crippen LogP) is 7.32. The molecule has 45 heavy (non-hydrogen) atoms. The Morgan fingerprint density at radius 2 is 1.11 bits per heavy atom. The monoisotopic (exact) mass is 612 g/mol. The molecule has 9 unspecified atom stereocenters. The van der Waals surface area contributed by atoms with Crippen LogP contribution in [0.25, 0.3) is 0 Å². The third-order valence-corrected chi connectivity index (χ3v) is 13.3. The van der Waals surface area contributed by atoms with Crippen molar-refractivity contribution >= 4 is 11.6 Å². The minimum Gasteiger partial charge on any atom is -0.493 e. The van der Waals surface area contributed by atoms with Crippen molar-refractivity contribution in [3.8, 4) is 11.5 Å². The Kier molecular flexibility index (Phi) is 6.38. The summed E-state index contributed by atoms with van der Waals surface area (Å²) < 4.78 is 25.6. The Hall–Kier alpha value is -2.70. The normalized spacial score (nSPS) is 38.5. The molecular formula is C39H48O6. The third kappa shape index (κ3) is 4.06. The number of carbonyl (C=O) groups excluding carboxylic acids is 2. The minimum atomic E-state index is -0.327. The second-order valence-electron chi connectivity index (χ2n) is 16.6. The number of fused-ring (bicyclic) bond motifs is 8. The van der Waals surface area contributed by atoms with Gasteiger partial charge in [0.25, 0.3) is 0 Å². The van der Waals surface area contributed by atoms with Gasteiger partial charge in [-0.2, -0.15) is 0 Å². The van der Waals surface area contributed by atoms with Crippen LogP contribution in [0.5, 0.6) is 11.5 Å². The number of hydrogen-bond donors (Lipinski definition) is 0. The van der Waals surface area contributed by atoms with Crippen LogP contribution in [0.15, 0.2) is 24.3 Å². The SMILES string of the molecule is COc1cc2c(cc1OC)C1(CC2(C)C)CC(C)(C)C2CC3OC4CC5C(=O)c6cc(C)c(C)cc6C(=O)C5CC4OC3CC21. The van der Waals surface area contributed by atoms with Crippen molar-refractivity contribution in [2.24, 2.45) is 29.1 Å². The number of benzene rings is 2. The molecule has 6 heteroatoms. The van der Waals surface area contributed by atoms with Crippen LogP contribution in [0.4, 0.5) is 0 Å². The van der Waals surface area contributed by atoms with Gasteiger partial charge in [0.1, 0.15) is 0 Å². The van der Waals surface area contributed by atoms with E-state index in [0.29, 0.717) is 35.8 Å². The molecule has 9 atom stereocenters. The van der Waals surface area contributed by atoms with Gasteiger partial charge >= 0.3 is 0 Å². The summed E-state index contributed by atoms with van der Waals surface area (Å²) >= 11 is 0. The van der Waals surface area contributed by atoms with Gasteiger partial charge in [-0.05, 0) is 122 Å². The maximum Gasteiger partial charge on any atom is 0.167 e. The first-order valence-corrected chi connectivity index (χ1v) is 17.1. The molecule has 0 bridgehead atoms. The quantitative estimate of drug-likeness (QED) is 0.354. The fourth-order valence-corrected chi connectivity index (χ4v) is 11.4. The lowest BCUT2D eigenvalue weighted by molar-refractivity contribution is -0.258. The van der Waals surface area contributed by atoms with Gasteiger partial charge in [0, 0.05) is 28.4 Å². The summed E-state index contributed by atoms with van der Waals surface area (Å²) in [5.41, 5.74) is 6.31. The molecule has 8 rings (SSSR count). The summed E-state index contributed by atoms with van der Waals surface area (Å²) in [7, 11) is 3.45. The van der Waals surface area contributed by atoms with Gasteiger partial charge in [-0.3, -0.25) is 9.59 Å². The van der Waals surface area contributed by atoms with E-state index in [1.165, 1.54) is 11.1 Å². The zero-order valence-corrected chi connectivity index (χ0v) is 28.1. The summed E-state index contributed by atoms with van der Waals surface area (Å²) in [6, 6.07) is 8.35. The number of ketones is 2. The van der Waals surface area contributed by atoms with Crippen molar-refractivity contribution < 1.29 is 28.5 Å². The highest BCUT2D eigenvalue weighted by atomic mass is 16.6. The Bertz CT molecular complexity index is 1620. The van der Waals surface area contributed by atoms with Crippen LogP contribution < -0.4 is 9.47 Å². The van der Waals surface area contributed by atoms with Crippen LogP contribution in [0.2, 0.25) is 0 Å². The van der Waals surface area contributed by atoms with E-state index >= 15 is 0 Å². The molecule has 0 amide bonds. The van der Waals surface area contributed by atoms with Crippen molar-refractivity contribution in [2.45, 2.75) is 115 Å². The topological polar surface area (TPSA) is 71.1 Å². The fourth-order valence-electron chi connectivity index (χ4n) is 11.4. The van der Waals surface area contributed by atoms with Crippen molar-refractivity contribution in [1.82, 2.24) is 0 Å². The molecule has 2 aromatic carbocycles. The molecule has 1 saturated heterocycles. The fraction of sp³-hybridized carbons (Fsp3) is 0.641. The van der Waals surface area contributed by atoms with E-state index in [4.69, 9.17) is 18.9 Å². The summed E-state index contributed by atoms with van der Waals surface area (Å²) in [4.78, 5) is 27.6. The molecule has 0 N–H and O–H groups in total. The first-order valence-electron chi connectivity index (χ1n) is 17.1. The van der Waals surface area contributed by atoms with E-state index in [1.807, 2.05) is 26.0 Å². The summed E-state index contributed by atoms with van der Waals surface area (Å²) in [5.74, 6) is 2.13. The highest BCUT2D eigenvalue weighted by Gasteiger charge is 2.66. The lowest BCUT2D eigenvalue weighted by atomic mass is 9.62. The molecule has 6 aliphatic rings. The molecule has 0 aromatic heterocycles. The summed E-state index contributed by atoms with van der Waals surface area (Å²) in [6.07, 6.45) is 4.99. The van der Waals surface area contributed by atoms with Crippen LogP contribution >= 0.6 is 0 Å². The van der Waals surface area contributed by atoms with Crippen LogP contribution in [-0.2, 0) is 20.3 Å². The molecule has 4 fully saturated rings. The molecular weight excluding hydrogens is 564 g/mol. The van der Waals surface area contributed by atoms with Crippen LogP contribution in [0.1, 0.15) is 109 Å². The van der Waals surface area contributed by atoms with E-state index in [1.54, 1.807) is 14.2 Å². The first kappa shape index (κ1) is 29.7. The van der Waals surface area contributed by atoms with Crippen LogP contribution in [-0.4, -0.2) is 50.2 Å². The molecule has 240 valence electrons. The van der Waals surface area contributed by atoms with Crippen molar-refractivity contribution in [2.75, 3.05) is 14.2 Å². The Morgan fingerprint density at radius 1 is 0.644 bits per heavy atom. The second kappa shape index (κ2) is 9.67. The van der Waals surface area contributed by atoms with Gasteiger partial charge in [0.05, 0.1) is 38.6 Å². The van der Waals surface area contributed by atoms with E-state index in [-0.39, 0.29) is 64.1 Å². The summed E-state index contributed by atoms with van der Waals surface area (Å²) in [5, 5.41) is 0.